The molecule has 2 saturated heterocycles. The maximum absolute atomic E-state index is 13.5. The van der Waals surface area contributed by atoms with E-state index in [2.05, 4.69) is 10.6 Å². The number of fused-ring (bicyclic) bond motifs is 1. The van der Waals surface area contributed by atoms with Crippen molar-refractivity contribution in [1.82, 2.24) is 15.5 Å². The number of Topliss-reactive ketones (excluding diaryl/α,β-unsaturated/α-hetero) is 1. The smallest absolute Gasteiger partial charge is 0.261 e. The predicted molar refractivity (Wildman–Crippen MR) is 131 cm³/mol. The summed E-state index contributed by atoms with van der Waals surface area (Å²) in [6.45, 7) is 5.21. The first-order valence-corrected chi connectivity index (χ1v) is 12.7. The summed E-state index contributed by atoms with van der Waals surface area (Å²) in [6.07, 6.45) is 0.0140. The van der Waals surface area contributed by atoms with Gasteiger partial charge in [-0.3, -0.25) is 19.2 Å². The second-order valence-corrected chi connectivity index (χ2v) is 11.3. The van der Waals surface area contributed by atoms with Crippen LogP contribution in [0.5, 0.6) is 5.75 Å². The number of likely N-dealkylation sites (tertiary alicyclic amines) is 1. The SMILES string of the molecule is CC1CNC(=O)[C@@H]1C[C@H](NC(=O)[C@@H]1[C@@H]2[C@H](CN1C(=O)COc1ccc(Cl)c(Cl)c1)C2(C)C)C(=O)CF. The van der Waals surface area contributed by atoms with Crippen LogP contribution in [-0.2, 0) is 19.2 Å². The fourth-order valence-electron chi connectivity index (χ4n) is 5.65. The molecule has 4 rings (SSSR count). The molecule has 0 aromatic heterocycles. The number of ether oxygens (including phenoxy) is 1. The maximum atomic E-state index is 13.5. The number of amides is 3. The van der Waals surface area contributed by atoms with Gasteiger partial charge in [0.25, 0.3) is 5.91 Å². The molecule has 196 valence electrons. The van der Waals surface area contributed by atoms with Crippen molar-refractivity contribution in [3.8, 4) is 5.75 Å². The summed E-state index contributed by atoms with van der Waals surface area (Å²) in [7, 11) is 0. The van der Waals surface area contributed by atoms with Crippen LogP contribution in [0.1, 0.15) is 27.2 Å². The van der Waals surface area contributed by atoms with Crippen molar-refractivity contribution in [3.05, 3.63) is 28.2 Å². The number of benzene rings is 1. The minimum atomic E-state index is -1.25. The average molecular weight is 542 g/mol. The molecule has 0 radical (unpaired) electrons. The van der Waals surface area contributed by atoms with E-state index in [-0.39, 0.29) is 53.0 Å². The van der Waals surface area contributed by atoms with E-state index < -0.39 is 36.4 Å². The highest BCUT2D eigenvalue weighted by molar-refractivity contribution is 6.42. The third kappa shape index (κ3) is 5.05. The lowest BCUT2D eigenvalue weighted by Crippen LogP contribution is -2.55. The molecule has 3 fully saturated rings. The van der Waals surface area contributed by atoms with Crippen LogP contribution in [0, 0.1) is 29.1 Å². The Kier molecular flexibility index (Phi) is 7.53. The number of nitrogens with zero attached hydrogens (tertiary/aromatic N) is 1. The lowest BCUT2D eigenvalue weighted by atomic mass is 9.89. The molecule has 3 aliphatic rings. The van der Waals surface area contributed by atoms with Crippen LogP contribution in [0.2, 0.25) is 10.0 Å². The topological polar surface area (TPSA) is 105 Å². The maximum Gasteiger partial charge on any atom is 0.261 e. The zero-order valence-electron chi connectivity index (χ0n) is 20.4. The van der Waals surface area contributed by atoms with Crippen molar-refractivity contribution in [3.63, 3.8) is 0 Å². The van der Waals surface area contributed by atoms with Crippen molar-refractivity contribution < 1.29 is 28.3 Å². The average Bonchev–Trinajstić information content (AvgIpc) is 3.13. The Hall–Kier alpha value is -2.39. The molecule has 0 spiro atoms. The van der Waals surface area contributed by atoms with Gasteiger partial charge in [-0.25, -0.2) is 4.39 Å². The number of carbonyl (C=O) groups excluding carboxylic acids is 4. The van der Waals surface area contributed by atoms with E-state index in [1.54, 1.807) is 12.1 Å². The van der Waals surface area contributed by atoms with Gasteiger partial charge in [-0.2, -0.15) is 0 Å². The van der Waals surface area contributed by atoms with Crippen molar-refractivity contribution in [2.24, 2.45) is 29.1 Å². The first kappa shape index (κ1) is 26.7. The van der Waals surface area contributed by atoms with Crippen LogP contribution < -0.4 is 15.4 Å². The first-order valence-electron chi connectivity index (χ1n) is 12.0. The highest BCUT2D eigenvalue weighted by Gasteiger charge is 2.69. The predicted octanol–water partition coefficient (Wildman–Crippen LogP) is 2.65. The fraction of sp³-hybridized carbons (Fsp3) is 0.600. The van der Waals surface area contributed by atoms with Gasteiger partial charge in [0.2, 0.25) is 11.8 Å². The van der Waals surface area contributed by atoms with Crippen LogP contribution >= 0.6 is 23.2 Å². The molecule has 11 heteroatoms. The third-order valence-electron chi connectivity index (χ3n) is 8.00. The highest BCUT2D eigenvalue weighted by atomic mass is 35.5. The molecular formula is C25H30Cl2FN3O5. The molecule has 1 aliphatic carbocycles. The number of nitrogens with one attached hydrogen (secondary N) is 2. The lowest BCUT2D eigenvalue weighted by Gasteiger charge is -2.31. The second kappa shape index (κ2) is 10.2. The quantitative estimate of drug-likeness (QED) is 0.500. The molecule has 6 atom stereocenters. The normalized spacial score (nSPS) is 28.8. The fourth-order valence-corrected chi connectivity index (χ4v) is 5.93. The van der Waals surface area contributed by atoms with E-state index in [1.807, 2.05) is 20.8 Å². The highest BCUT2D eigenvalue weighted by Crippen LogP contribution is 2.64. The first-order chi connectivity index (χ1) is 16.9. The summed E-state index contributed by atoms with van der Waals surface area (Å²) in [5.74, 6) is -2.07. The standard InChI is InChI=1S/C25H30Cl2FN3O5/c1-12-9-29-23(34)14(12)7-18(19(32)8-28)30-24(35)22-21-15(25(21,2)3)10-31(22)20(33)11-36-13-4-5-16(26)17(27)6-13/h4-6,12,14-15,18,21-22H,7-11H2,1-3H3,(H,29,34)(H,30,35)/t12?,14-,15+,18+,21+,22+/m1/s1. The Bertz CT molecular complexity index is 1080. The molecule has 2 aliphatic heterocycles. The molecule has 1 aromatic carbocycles. The number of hydrogen-bond acceptors (Lipinski definition) is 5. The zero-order valence-corrected chi connectivity index (χ0v) is 21.9. The number of rotatable bonds is 9. The van der Waals surface area contributed by atoms with Crippen LogP contribution in [0.3, 0.4) is 0 Å². The van der Waals surface area contributed by atoms with Gasteiger partial charge in [0.1, 0.15) is 18.5 Å². The molecule has 8 nitrogen and oxygen atoms in total. The molecule has 1 unspecified atom stereocenters. The van der Waals surface area contributed by atoms with Gasteiger partial charge in [0.05, 0.1) is 16.1 Å². The monoisotopic (exact) mass is 541 g/mol. The van der Waals surface area contributed by atoms with E-state index in [1.165, 1.54) is 11.0 Å². The van der Waals surface area contributed by atoms with E-state index >= 15 is 0 Å². The lowest BCUT2D eigenvalue weighted by molar-refractivity contribution is -0.142. The second-order valence-electron chi connectivity index (χ2n) is 10.5. The van der Waals surface area contributed by atoms with E-state index in [0.717, 1.165) is 0 Å². The number of alkyl halides is 1. The minimum Gasteiger partial charge on any atom is -0.484 e. The summed E-state index contributed by atoms with van der Waals surface area (Å²) in [4.78, 5) is 52.6. The van der Waals surface area contributed by atoms with Crippen molar-refractivity contribution in [2.75, 3.05) is 26.4 Å². The number of ketones is 1. The van der Waals surface area contributed by atoms with Crippen molar-refractivity contribution in [1.29, 1.82) is 0 Å². The van der Waals surface area contributed by atoms with Crippen LogP contribution in [-0.4, -0.2) is 66.9 Å². The summed E-state index contributed by atoms with van der Waals surface area (Å²) in [6, 6.07) is 2.67. The Labute approximate surface area is 219 Å². The van der Waals surface area contributed by atoms with Gasteiger partial charge in [-0.1, -0.05) is 44.0 Å². The molecule has 0 bridgehead atoms. The van der Waals surface area contributed by atoms with E-state index in [0.29, 0.717) is 23.9 Å². The molecule has 36 heavy (non-hydrogen) atoms. The Morgan fingerprint density at radius 2 is 2.00 bits per heavy atom. The molecule has 2 heterocycles. The summed E-state index contributed by atoms with van der Waals surface area (Å²) >= 11 is 11.9. The number of piperidine rings is 1. The van der Waals surface area contributed by atoms with E-state index in [4.69, 9.17) is 27.9 Å². The Balaban J connectivity index is 1.46. The third-order valence-corrected chi connectivity index (χ3v) is 8.74. The number of hydrogen-bond donors (Lipinski definition) is 2. The van der Waals surface area contributed by atoms with Crippen LogP contribution in [0.4, 0.5) is 4.39 Å². The summed E-state index contributed by atoms with van der Waals surface area (Å²) in [5, 5.41) is 6.05. The van der Waals surface area contributed by atoms with Gasteiger partial charge >= 0.3 is 0 Å². The van der Waals surface area contributed by atoms with Crippen molar-refractivity contribution in [2.45, 2.75) is 39.3 Å². The Morgan fingerprint density at radius 1 is 1.28 bits per heavy atom. The van der Waals surface area contributed by atoms with Gasteiger partial charge in [0.15, 0.2) is 12.4 Å². The van der Waals surface area contributed by atoms with Crippen molar-refractivity contribution >= 4 is 46.7 Å². The van der Waals surface area contributed by atoms with Gasteiger partial charge in [-0.15, -0.1) is 0 Å². The van der Waals surface area contributed by atoms with E-state index in [9.17, 15) is 23.6 Å². The number of halogens is 3. The molecule has 3 amide bonds. The zero-order chi connectivity index (χ0) is 26.4. The minimum absolute atomic E-state index is 0.0140. The molecular weight excluding hydrogens is 512 g/mol. The number of carbonyl (C=O) groups is 4. The largest absolute Gasteiger partial charge is 0.484 e. The molecule has 2 N–H and O–H groups in total. The summed E-state index contributed by atoms with van der Waals surface area (Å²) < 4.78 is 18.9. The van der Waals surface area contributed by atoms with Gasteiger partial charge in [-0.05, 0) is 41.7 Å². The summed E-state index contributed by atoms with van der Waals surface area (Å²) in [5.41, 5.74) is -0.150. The molecule has 1 aromatic rings. The van der Waals surface area contributed by atoms with Crippen LogP contribution in [0.15, 0.2) is 18.2 Å². The van der Waals surface area contributed by atoms with Gasteiger partial charge in [0, 0.05) is 25.1 Å². The Morgan fingerprint density at radius 3 is 2.61 bits per heavy atom. The van der Waals surface area contributed by atoms with Gasteiger partial charge < -0.3 is 20.3 Å². The van der Waals surface area contributed by atoms with Crippen LogP contribution in [0.25, 0.3) is 0 Å². The molecule has 1 saturated carbocycles.